The summed E-state index contributed by atoms with van der Waals surface area (Å²) in [6, 6.07) is 7.91. The minimum absolute atomic E-state index is 0.101. The Kier molecular flexibility index (Phi) is 2.35. The van der Waals surface area contributed by atoms with Gasteiger partial charge in [-0.1, -0.05) is 28.1 Å². The lowest BCUT2D eigenvalue weighted by molar-refractivity contribution is -0.147. The van der Waals surface area contributed by atoms with E-state index in [2.05, 4.69) is 15.9 Å². The van der Waals surface area contributed by atoms with Crippen molar-refractivity contribution >= 4 is 21.9 Å². The van der Waals surface area contributed by atoms with Crippen molar-refractivity contribution in [3.63, 3.8) is 0 Å². The van der Waals surface area contributed by atoms with Gasteiger partial charge in [0.25, 0.3) is 0 Å². The third kappa shape index (κ3) is 1.69. The summed E-state index contributed by atoms with van der Waals surface area (Å²) in [7, 11) is 0. The molecule has 0 unspecified atom stereocenters. The fourth-order valence-corrected chi connectivity index (χ4v) is 1.96. The summed E-state index contributed by atoms with van der Waals surface area (Å²) in [5.74, 6) is -0.101. The molecule has 0 bridgehead atoms. The summed E-state index contributed by atoms with van der Waals surface area (Å²) >= 11 is 3.38. The van der Waals surface area contributed by atoms with E-state index in [1.54, 1.807) is 0 Å². The Balaban J connectivity index is 2.30. The van der Waals surface area contributed by atoms with Gasteiger partial charge in [0.05, 0.1) is 0 Å². The molecule has 0 aromatic heterocycles. The van der Waals surface area contributed by atoms with Crippen LogP contribution in [0.3, 0.4) is 0 Å². The highest BCUT2D eigenvalue weighted by Crippen LogP contribution is 2.36. The Morgan fingerprint density at radius 3 is 2.50 bits per heavy atom. The molecule has 1 heterocycles. The summed E-state index contributed by atoms with van der Waals surface area (Å²) in [6.45, 7) is 1.96. The SMILES string of the molecule is C[C@]1(c2ccc(Br)cc2)CCC(=O)O1. The molecule has 1 aliphatic rings. The fourth-order valence-electron chi connectivity index (χ4n) is 1.70. The summed E-state index contributed by atoms with van der Waals surface area (Å²) in [5.41, 5.74) is 0.643. The minimum Gasteiger partial charge on any atom is -0.454 e. The molecule has 1 fully saturated rings. The molecule has 0 spiro atoms. The van der Waals surface area contributed by atoms with Crippen molar-refractivity contribution in [3.8, 4) is 0 Å². The highest BCUT2D eigenvalue weighted by Gasteiger charge is 2.37. The quantitative estimate of drug-likeness (QED) is 0.721. The van der Waals surface area contributed by atoms with Crippen molar-refractivity contribution in [2.24, 2.45) is 0 Å². The smallest absolute Gasteiger partial charge is 0.306 e. The van der Waals surface area contributed by atoms with Gasteiger partial charge in [0.15, 0.2) is 0 Å². The number of rotatable bonds is 1. The molecule has 0 aliphatic carbocycles. The van der Waals surface area contributed by atoms with Crippen LogP contribution in [0.4, 0.5) is 0 Å². The molecule has 3 heteroatoms. The number of carbonyl (C=O) groups is 1. The maximum absolute atomic E-state index is 11.1. The van der Waals surface area contributed by atoms with Gasteiger partial charge in [0, 0.05) is 17.3 Å². The van der Waals surface area contributed by atoms with E-state index in [9.17, 15) is 4.79 Å². The molecule has 0 radical (unpaired) electrons. The monoisotopic (exact) mass is 254 g/mol. The fraction of sp³-hybridized carbons (Fsp3) is 0.364. The molecular weight excluding hydrogens is 244 g/mol. The van der Waals surface area contributed by atoms with Gasteiger partial charge in [-0.05, 0) is 24.6 Å². The van der Waals surface area contributed by atoms with Gasteiger partial charge in [-0.25, -0.2) is 0 Å². The van der Waals surface area contributed by atoms with E-state index in [0.29, 0.717) is 6.42 Å². The molecule has 14 heavy (non-hydrogen) atoms. The zero-order valence-corrected chi connectivity index (χ0v) is 9.50. The molecule has 1 aliphatic heterocycles. The first kappa shape index (κ1) is 9.71. The summed E-state index contributed by atoms with van der Waals surface area (Å²) < 4.78 is 6.36. The molecular formula is C11H11BrO2. The van der Waals surface area contributed by atoms with Gasteiger partial charge in [0.1, 0.15) is 5.60 Å². The Labute approximate surface area is 91.4 Å². The number of benzene rings is 1. The highest BCUT2D eigenvalue weighted by atomic mass is 79.9. The number of carbonyl (C=O) groups excluding carboxylic acids is 1. The van der Waals surface area contributed by atoms with Gasteiger partial charge in [-0.2, -0.15) is 0 Å². The molecule has 0 saturated carbocycles. The second-order valence-electron chi connectivity index (χ2n) is 3.71. The first-order valence-electron chi connectivity index (χ1n) is 4.58. The van der Waals surface area contributed by atoms with Crippen molar-refractivity contribution in [2.75, 3.05) is 0 Å². The van der Waals surface area contributed by atoms with Gasteiger partial charge >= 0.3 is 5.97 Å². The van der Waals surface area contributed by atoms with E-state index in [1.807, 2.05) is 31.2 Å². The minimum atomic E-state index is -0.419. The molecule has 1 atom stereocenters. The van der Waals surface area contributed by atoms with Crippen LogP contribution in [0.2, 0.25) is 0 Å². The van der Waals surface area contributed by atoms with Gasteiger partial charge in [-0.3, -0.25) is 4.79 Å². The van der Waals surface area contributed by atoms with E-state index in [-0.39, 0.29) is 5.97 Å². The lowest BCUT2D eigenvalue weighted by Crippen LogP contribution is -2.20. The van der Waals surface area contributed by atoms with Crippen LogP contribution in [0.5, 0.6) is 0 Å². The lowest BCUT2D eigenvalue weighted by Gasteiger charge is -2.22. The Hall–Kier alpha value is -0.830. The van der Waals surface area contributed by atoms with Crippen LogP contribution < -0.4 is 0 Å². The summed E-state index contributed by atoms with van der Waals surface area (Å²) in [4.78, 5) is 11.1. The van der Waals surface area contributed by atoms with Crippen LogP contribution in [-0.4, -0.2) is 5.97 Å². The predicted octanol–water partition coefficient (Wildman–Crippen LogP) is 3.00. The van der Waals surface area contributed by atoms with E-state index < -0.39 is 5.60 Å². The lowest BCUT2D eigenvalue weighted by atomic mass is 9.93. The average Bonchev–Trinajstić information content (AvgIpc) is 2.48. The van der Waals surface area contributed by atoms with Crippen LogP contribution in [-0.2, 0) is 15.1 Å². The summed E-state index contributed by atoms with van der Waals surface area (Å²) in [6.07, 6.45) is 1.29. The van der Waals surface area contributed by atoms with Crippen molar-refractivity contribution in [1.29, 1.82) is 0 Å². The normalized spacial score (nSPS) is 26.3. The first-order valence-corrected chi connectivity index (χ1v) is 5.37. The molecule has 1 aromatic carbocycles. The zero-order valence-electron chi connectivity index (χ0n) is 7.92. The highest BCUT2D eigenvalue weighted by molar-refractivity contribution is 9.10. The molecule has 0 amide bonds. The molecule has 74 valence electrons. The maximum atomic E-state index is 11.1. The molecule has 1 aromatic rings. The molecule has 2 rings (SSSR count). The van der Waals surface area contributed by atoms with Crippen LogP contribution in [0.25, 0.3) is 0 Å². The van der Waals surface area contributed by atoms with Crippen molar-refractivity contribution in [3.05, 3.63) is 34.3 Å². The van der Waals surface area contributed by atoms with Crippen LogP contribution in [0, 0.1) is 0 Å². The van der Waals surface area contributed by atoms with Crippen molar-refractivity contribution in [2.45, 2.75) is 25.4 Å². The van der Waals surface area contributed by atoms with E-state index in [4.69, 9.17) is 4.74 Å². The number of halogens is 1. The Bertz CT molecular complexity index is 358. The number of cyclic esters (lactones) is 1. The average molecular weight is 255 g/mol. The summed E-state index contributed by atoms with van der Waals surface area (Å²) in [5, 5.41) is 0. The van der Waals surface area contributed by atoms with Gasteiger partial charge in [0.2, 0.25) is 0 Å². The zero-order chi connectivity index (χ0) is 10.2. The van der Waals surface area contributed by atoms with Crippen molar-refractivity contribution in [1.82, 2.24) is 0 Å². The van der Waals surface area contributed by atoms with Crippen LogP contribution in [0.1, 0.15) is 25.3 Å². The Morgan fingerprint density at radius 2 is 2.00 bits per heavy atom. The number of ether oxygens (including phenoxy) is 1. The van der Waals surface area contributed by atoms with E-state index >= 15 is 0 Å². The van der Waals surface area contributed by atoms with E-state index in [0.717, 1.165) is 16.5 Å². The second-order valence-corrected chi connectivity index (χ2v) is 4.63. The number of hydrogen-bond acceptors (Lipinski definition) is 2. The molecule has 1 saturated heterocycles. The van der Waals surface area contributed by atoms with Gasteiger partial charge < -0.3 is 4.74 Å². The van der Waals surface area contributed by atoms with E-state index in [1.165, 1.54) is 0 Å². The third-order valence-corrected chi connectivity index (χ3v) is 3.13. The van der Waals surface area contributed by atoms with Crippen molar-refractivity contribution < 1.29 is 9.53 Å². The Morgan fingerprint density at radius 1 is 1.36 bits per heavy atom. The first-order chi connectivity index (χ1) is 6.60. The molecule has 0 N–H and O–H groups in total. The second kappa shape index (κ2) is 3.39. The topological polar surface area (TPSA) is 26.3 Å². The molecule has 2 nitrogen and oxygen atoms in total. The van der Waals surface area contributed by atoms with Crippen LogP contribution >= 0.6 is 15.9 Å². The number of hydrogen-bond donors (Lipinski definition) is 0. The third-order valence-electron chi connectivity index (χ3n) is 2.60. The van der Waals surface area contributed by atoms with Gasteiger partial charge in [-0.15, -0.1) is 0 Å². The largest absolute Gasteiger partial charge is 0.454 e. The number of esters is 1. The standard InChI is InChI=1S/C11H11BrO2/c1-11(7-6-10(13)14-11)8-2-4-9(12)5-3-8/h2-5H,6-7H2,1H3/t11-/m1/s1. The maximum Gasteiger partial charge on any atom is 0.306 e. The predicted molar refractivity (Wildman–Crippen MR) is 56.8 cm³/mol. The van der Waals surface area contributed by atoms with Crippen LogP contribution in [0.15, 0.2) is 28.7 Å².